The van der Waals surface area contributed by atoms with Crippen LogP contribution in [0, 0.1) is 40.5 Å². The highest BCUT2D eigenvalue weighted by Crippen LogP contribution is 3.04. The molecule has 16 nitrogen and oxygen atoms in total. The van der Waals surface area contributed by atoms with E-state index < -0.39 is 68.7 Å². The summed E-state index contributed by atoms with van der Waals surface area (Å²) in [5.41, 5.74) is 5.01. The first-order valence-electron chi connectivity index (χ1n) is 28.7. The molecule has 4 aromatic carbocycles. The number of benzene rings is 4. The molecule has 3 heterocycles. The lowest BCUT2D eigenvalue weighted by molar-refractivity contribution is 0.0476. The van der Waals surface area contributed by atoms with Gasteiger partial charge < -0.3 is 49.4 Å². The summed E-state index contributed by atoms with van der Waals surface area (Å²) in [6.07, 6.45) is 3.43. The first kappa shape index (κ1) is 75.1. The maximum Gasteiger partial charge on any atom is 0.378 e. The number of carbonyl (C=O) groups is 4. The minimum atomic E-state index is -0.903. The lowest BCUT2D eigenvalue weighted by atomic mass is 10.00. The van der Waals surface area contributed by atoms with Crippen LogP contribution in [0.15, 0.2) is 124 Å². The van der Waals surface area contributed by atoms with Gasteiger partial charge in [-0.3, -0.25) is 24.0 Å². The zero-order chi connectivity index (χ0) is 65.9. The Balaban J connectivity index is 0.000000221. The van der Waals surface area contributed by atoms with E-state index in [1.807, 2.05) is 43.3 Å². The Morgan fingerprint density at radius 1 is 0.744 bits per heavy atom. The summed E-state index contributed by atoms with van der Waals surface area (Å²) in [5.74, 6) is -6.25. The molecule has 486 valence electrons. The van der Waals surface area contributed by atoms with Gasteiger partial charge >= 0.3 is 5.97 Å². The molecular formula is C61H77F4N4O12P9. The highest BCUT2D eigenvalue weighted by atomic mass is 33.2. The number of Topliss-reactive ketones (excluding diaryl/α,β-unsaturated/α-hetero) is 2. The van der Waals surface area contributed by atoms with Gasteiger partial charge in [0.05, 0.1) is 17.7 Å². The molecule has 90 heavy (non-hydrogen) atoms. The number of nitrogens with one attached hydrogen (secondary N) is 1. The second kappa shape index (κ2) is 36.1. The number of aliphatic hydroxyl groups is 2. The van der Waals surface area contributed by atoms with Gasteiger partial charge in [0.15, 0.2) is 23.0 Å². The molecule has 9 rings (SSSR count). The molecule has 1 aliphatic heterocycles. The predicted molar refractivity (Wildman–Crippen MR) is 369 cm³/mol. The third-order valence-corrected chi connectivity index (χ3v) is 59.6. The van der Waals surface area contributed by atoms with E-state index in [0.717, 1.165) is 69.1 Å². The van der Waals surface area contributed by atoms with Gasteiger partial charge in [-0.1, -0.05) is 87.7 Å². The van der Waals surface area contributed by atoms with Gasteiger partial charge in [-0.2, -0.15) is 0 Å². The summed E-state index contributed by atoms with van der Waals surface area (Å²) in [7, 11) is 15.6. The molecule has 0 bridgehead atoms. The smallest absolute Gasteiger partial charge is 0.378 e. The summed E-state index contributed by atoms with van der Waals surface area (Å²) in [4.78, 5) is 79.8. The minimum absolute atomic E-state index is 0.0113. The number of nitrogens with zero attached hydrogens (tertiary/aromatic N) is 2. The lowest BCUT2D eigenvalue weighted by Gasteiger charge is -2.37. The maximum absolute atomic E-state index is 14.1. The van der Waals surface area contributed by atoms with Crippen molar-refractivity contribution >= 4 is 97.0 Å². The number of aromatic nitrogens is 1. The number of hydrogen-bond donors (Lipinski definition) is 4. The SMILES string of the molecule is CCN1C[C@@]2(C[C@@H]2CO)n2cc(C(=O)CCc3ccc(F)cc3F)c(=O)c(OCc3ccccc3)c2C1=O.CCNC[C@]1(CN)C[C@@H]1CO.CCOC(=O)c1occ(C(=O)CCc2ccc(F)cc2F)c(=O)c1OCc1ccccc1.PPP(P(P)P)P(P)P. The Hall–Kier alpha value is -3.91. The number of carbonyl (C=O) groups excluding carboxylic acids is 4. The Bertz CT molecular complexity index is 3540. The zero-order valence-corrected chi connectivity index (χ0v) is 59.5. The van der Waals surface area contributed by atoms with Crippen LogP contribution in [0.25, 0.3) is 0 Å². The van der Waals surface area contributed by atoms with Gasteiger partial charge in [-0.25, -0.2) is 22.4 Å². The molecule has 2 saturated carbocycles. The van der Waals surface area contributed by atoms with Crippen molar-refractivity contribution in [2.75, 3.05) is 52.5 Å². The molecule has 6 unspecified atom stereocenters. The van der Waals surface area contributed by atoms with Crippen molar-refractivity contribution in [1.29, 1.82) is 0 Å². The number of esters is 1. The largest absolute Gasteiger partial charge is 0.483 e. The van der Waals surface area contributed by atoms with E-state index >= 15 is 0 Å². The van der Waals surface area contributed by atoms with E-state index in [-0.39, 0.29) is 117 Å². The van der Waals surface area contributed by atoms with Crippen molar-refractivity contribution in [3.63, 3.8) is 0 Å². The van der Waals surface area contributed by atoms with Crippen LogP contribution in [-0.2, 0) is 36.3 Å². The van der Waals surface area contributed by atoms with Crippen molar-refractivity contribution < 1.29 is 65.6 Å². The van der Waals surface area contributed by atoms with E-state index in [9.17, 15) is 51.4 Å². The number of ether oxygens (including phenoxy) is 3. The number of likely N-dealkylation sites (N-methyl/N-ethyl adjacent to an activating group) is 1. The number of ketones is 2. The standard InChI is InChI=1S/C29H28F2N2O5.C24H20F2O6.C8H18N2O.H11P9/c1-2-32-17-29(13-20(29)15-34)33-14-22(24(35)11-9-19-8-10-21(30)12-23(19)31)26(36)27(25(33)28(32)37)38-16-18-6-4-3-5-7-18;1-2-30-24(29)23-22(31-13-15-6-4-3-5-7-15)21(28)18(14-32-23)20(27)11-9-16-8-10-17(25)12-19(16)26;1-2-10-6-8(5-9)3-7(8)4-11;1-6-9(7(2)3)8(4)5/h3-8,10,12,14,20,34H,2,9,11,13,15-17H2,1H3;3-8,10,12,14H,2,9,11,13H2,1H3;7,10-11H,2-6,9H2,1H3;6H,1-5H2/t20-,29-;;7-,8-;/m1.1./s1. The molecule has 1 amide bonds. The number of amides is 1. The van der Waals surface area contributed by atoms with Crippen LogP contribution < -0.4 is 31.4 Å². The first-order chi connectivity index (χ1) is 43.1. The average Bonchev–Trinajstić information content (AvgIpc) is 1.52. The number of nitrogens with two attached hydrogens (primary N) is 1. The summed E-state index contributed by atoms with van der Waals surface area (Å²) < 4.78 is 77.6. The highest BCUT2D eigenvalue weighted by molar-refractivity contribution is 9.10. The normalized spacial score (nSPS) is 17.9. The van der Waals surface area contributed by atoms with Crippen molar-refractivity contribution in [3.05, 3.63) is 198 Å². The monoisotopic (exact) mass is 1410 g/mol. The molecule has 29 heteroatoms. The van der Waals surface area contributed by atoms with E-state index in [2.05, 4.69) is 56.9 Å². The second-order valence-electron chi connectivity index (χ2n) is 21.3. The van der Waals surface area contributed by atoms with Gasteiger partial charge in [0.1, 0.15) is 48.3 Å². The Labute approximate surface area is 537 Å². The van der Waals surface area contributed by atoms with Crippen LogP contribution in [0.2, 0.25) is 0 Å². The van der Waals surface area contributed by atoms with Gasteiger partial charge in [0.25, 0.3) is 11.7 Å². The molecule has 2 aliphatic carbocycles. The van der Waals surface area contributed by atoms with Crippen LogP contribution >= 0.6 is 73.6 Å². The Morgan fingerprint density at radius 3 is 1.70 bits per heavy atom. The van der Waals surface area contributed by atoms with E-state index in [1.54, 1.807) is 40.7 Å². The summed E-state index contributed by atoms with van der Waals surface area (Å²) in [6, 6.07) is 24.2. The van der Waals surface area contributed by atoms with Crippen LogP contribution in [-0.4, -0.2) is 95.7 Å². The molecule has 10 atom stereocenters. The van der Waals surface area contributed by atoms with Crippen molar-refractivity contribution in [2.45, 2.75) is 78.0 Å². The fourth-order valence-corrected chi connectivity index (χ4v) is 71.2. The minimum Gasteiger partial charge on any atom is -0.483 e. The molecule has 0 saturated heterocycles. The number of aryl methyl sites for hydroxylation is 2. The highest BCUT2D eigenvalue weighted by Gasteiger charge is 2.60. The summed E-state index contributed by atoms with van der Waals surface area (Å²) in [5, 5.41) is 22.1. The van der Waals surface area contributed by atoms with Crippen molar-refractivity contribution in [1.82, 2.24) is 14.8 Å². The summed E-state index contributed by atoms with van der Waals surface area (Å²) >= 11 is 0. The number of halogens is 4. The molecule has 3 aliphatic rings. The van der Waals surface area contributed by atoms with Crippen LogP contribution in [0.1, 0.15) is 110 Å². The third-order valence-electron chi connectivity index (χ3n) is 15.4. The predicted octanol–water partition coefficient (Wildman–Crippen LogP) is 12.6. The molecule has 2 aromatic heterocycles. The van der Waals surface area contributed by atoms with E-state index in [1.165, 1.54) is 18.3 Å². The van der Waals surface area contributed by atoms with Crippen LogP contribution in [0.5, 0.6) is 11.5 Å². The maximum atomic E-state index is 14.1. The first-order valence-corrected chi connectivity index (χ1v) is 44.3. The molecular weight excluding hydrogens is 1340 g/mol. The Morgan fingerprint density at radius 2 is 1.27 bits per heavy atom. The fourth-order valence-electron chi connectivity index (χ4n) is 10.1. The molecule has 1 spiro atoms. The molecule has 0 radical (unpaired) electrons. The van der Waals surface area contributed by atoms with Gasteiger partial charge in [0.2, 0.25) is 16.6 Å². The molecule has 2 fully saturated rings. The van der Waals surface area contributed by atoms with E-state index in [0.29, 0.717) is 45.6 Å². The van der Waals surface area contributed by atoms with Crippen LogP contribution in [0.4, 0.5) is 17.6 Å². The van der Waals surface area contributed by atoms with Gasteiger partial charge in [-0.15, -0.1) is 44.6 Å². The van der Waals surface area contributed by atoms with Crippen molar-refractivity contribution in [2.24, 2.45) is 23.0 Å². The van der Waals surface area contributed by atoms with Crippen LogP contribution in [0.3, 0.4) is 0 Å². The average molecular weight is 1410 g/mol. The summed E-state index contributed by atoms with van der Waals surface area (Å²) in [6.45, 7) is 9.76. The second-order valence-corrected chi connectivity index (χ2v) is 51.9. The van der Waals surface area contributed by atoms with Crippen molar-refractivity contribution in [3.8, 4) is 11.5 Å². The topological polar surface area (TPSA) is 230 Å². The number of fused-ring (bicyclic) bond motifs is 2. The molecule has 5 N–H and O–H groups in total. The van der Waals surface area contributed by atoms with Gasteiger partial charge in [-0.05, 0) is 114 Å². The number of hydrogen-bond acceptors (Lipinski definition) is 14. The fraction of sp³-hybridized carbons (Fsp3) is 0.377. The van der Waals surface area contributed by atoms with Gasteiger partial charge in [0, 0.05) is 75.4 Å². The van der Waals surface area contributed by atoms with E-state index in [4.69, 9.17) is 29.5 Å². The number of aliphatic hydroxyl groups excluding tert-OH is 2. The number of pyridine rings is 1. The zero-order valence-electron chi connectivity index (χ0n) is 50.0. The third kappa shape index (κ3) is 19.8. The lowest BCUT2D eigenvalue weighted by Crippen LogP contribution is -2.50. The molecule has 6 aromatic rings. The quantitative estimate of drug-likeness (QED) is 0.0171. The number of rotatable bonds is 26. The Kier molecular flexibility index (Phi) is 30.1.